The van der Waals surface area contributed by atoms with Gasteiger partial charge >= 0.3 is 0 Å². The van der Waals surface area contributed by atoms with Gasteiger partial charge in [-0.05, 0) is 43.7 Å². The van der Waals surface area contributed by atoms with Gasteiger partial charge in [-0.2, -0.15) is 0 Å². The Hall–Kier alpha value is -1.81. The lowest BCUT2D eigenvalue weighted by Crippen LogP contribution is -2.40. The maximum absolute atomic E-state index is 12.1. The topological polar surface area (TPSA) is 55.1 Å². The summed E-state index contributed by atoms with van der Waals surface area (Å²) in [6, 6.07) is 7.05. The lowest BCUT2D eigenvalue weighted by atomic mass is 9.95. The van der Waals surface area contributed by atoms with E-state index in [4.69, 9.17) is 16.0 Å². The standard InChI is InChI=1S/C14H15ClN2O2/c1-14(2,10-5-7-16-8-6-10)17-13(18)12-4-3-11(9-15)19-12/h3-8H,9H2,1-2H3,(H,17,18). The van der Waals surface area contributed by atoms with E-state index in [2.05, 4.69) is 10.3 Å². The van der Waals surface area contributed by atoms with Gasteiger partial charge in [-0.15, -0.1) is 11.6 Å². The van der Waals surface area contributed by atoms with Gasteiger partial charge in [0.05, 0.1) is 11.4 Å². The molecular weight excluding hydrogens is 264 g/mol. The van der Waals surface area contributed by atoms with Crippen LogP contribution >= 0.6 is 11.6 Å². The van der Waals surface area contributed by atoms with Crippen LogP contribution in [0, 0.1) is 0 Å². The molecule has 0 saturated carbocycles. The number of hydrogen-bond donors (Lipinski definition) is 1. The van der Waals surface area contributed by atoms with E-state index >= 15 is 0 Å². The Morgan fingerprint density at radius 3 is 2.58 bits per heavy atom. The molecule has 0 aliphatic heterocycles. The highest BCUT2D eigenvalue weighted by Crippen LogP contribution is 2.20. The Morgan fingerprint density at radius 2 is 2.00 bits per heavy atom. The normalized spacial score (nSPS) is 11.3. The summed E-state index contributed by atoms with van der Waals surface area (Å²) in [5.41, 5.74) is 0.466. The van der Waals surface area contributed by atoms with Gasteiger partial charge in [-0.3, -0.25) is 9.78 Å². The molecule has 2 heterocycles. The Bertz CT molecular complexity index is 564. The Kier molecular flexibility index (Phi) is 3.90. The van der Waals surface area contributed by atoms with Gasteiger partial charge in [-0.25, -0.2) is 0 Å². The highest BCUT2D eigenvalue weighted by molar-refractivity contribution is 6.16. The van der Waals surface area contributed by atoms with Crippen LogP contribution in [0.25, 0.3) is 0 Å². The number of furan rings is 1. The first-order valence-corrected chi connectivity index (χ1v) is 6.44. The van der Waals surface area contributed by atoms with E-state index < -0.39 is 5.54 Å². The van der Waals surface area contributed by atoms with Crippen molar-refractivity contribution in [3.05, 3.63) is 53.7 Å². The van der Waals surface area contributed by atoms with Crippen molar-refractivity contribution in [1.82, 2.24) is 10.3 Å². The maximum atomic E-state index is 12.1. The van der Waals surface area contributed by atoms with Gasteiger partial charge in [0, 0.05) is 12.4 Å². The Balaban J connectivity index is 2.14. The van der Waals surface area contributed by atoms with Crippen LogP contribution in [0.3, 0.4) is 0 Å². The lowest BCUT2D eigenvalue weighted by molar-refractivity contribution is 0.0882. The van der Waals surface area contributed by atoms with Gasteiger partial charge in [0.25, 0.3) is 5.91 Å². The van der Waals surface area contributed by atoms with Crippen molar-refractivity contribution in [1.29, 1.82) is 0 Å². The summed E-state index contributed by atoms with van der Waals surface area (Å²) in [7, 11) is 0. The second-order valence-electron chi connectivity index (χ2n) is 4.71. The molecule has 0 bridgehead atoms. The number of pyridine rings is 1. The van der Waals surface area contributed by atoms with Crippen molar-refractivity contribution < 1.29 is 9.21 Å². The van der Waals surface area contributed by atoms with Crippen LogP contribution < -0.4 is 5.32 Å². The van der Waals surface area contributed by atoms with E-state index in [1.54, 1.807) is 24.5 Å². The molecule has 5 heteroatoms. The first kappa shape index (κ1) is 13.6. The summed E-state index contributed by atoms with van der Waals surface area (Å²) in [5.74, 6) is 0.825. The third kappa shape index (κ3) is 3.15. The highest BCUT2D eigenvalue weighted by Gasteiger charge is 2.24. The van der Waals surface area contributed by atoms with E-state index in [9.17, 15) is 4.79 Å². The molecule has 0 atom stereocenters. The second-order valence-corrected chi connectivity index (χ2v) is 4.98. The van der Waals surface area contributed by atoms with Crippen molar-refractivity contribution in [2.75, 3.05) is 0 Å². The molecule has 2 aromatic heterocycles. The minimum Gasteiger partial charge on any atom is -0.455 e. The summed E-state index contributed by atoms with van der Waals surface area (Å²) in [4.78, 5) is 16.1. The summed E-state index contributed by atoms with van der Waals surface area (Å²) in [5, 5.41) is 2.92. The predicted molar refractivity (Wildman–Crippen MR) is 73.0 cm³/mol. The van der Waals surface area contributed by atoms with Crippen LogP contribution in [0.15, 0.2) is 41.1 Å². The Labute approximate surface area is 116 Å². The van der Waals surface area contributed by atoms with Crippen LogP contribution in [0.2, 0.25) is 0 Å². The second kappa shape index (κ2) is 5.45. The van der Waals surface area contributed by atoms with Gasteiger partial charge in [0.15, 0.2) is 5.76 Å². The molecular formula is C14H15ClN2O2. The fourth-order valence-corrected chi connectivity index (χ4v) is 1.90. The molecule has 0 unspecified atom stereocenters. The van der Waals surface area contributed by atoms with Crippen LogP contribution in [-0.4, -0.2) is 10.9 Å². The lowest BCUT2D eigenvalue weighted by Gasteiger charge is -2.26. The third-order valence-corrected chi connectivity index (χ3v) is 3.11. The monoisotopic (exact) mass is 278 g/mol. The highest BCUT2D eigenvalue weighted by atomic mass is 35.5. The molecule has 2 rings (SSSR count). The van der Waals surface area contributed by atoms with E-state index in [1.807, 2.05) is 26.0 Å². The number of carbonyl (C=O) groups is 1. The summed E-state index contributed by atoms with van der Waals surface area (Å²) < 4.78 is 5.32. The number of carbonyl (C=O) groups excluding carboxylic acids is 1. The number of halogens is 1. The predicted octanol–water partition coefficient (Wildman–Crippen LogP) is 3.08. The van der Waals surface area contributed by atoms with E-state index in [0.29, 0.717) is 5.76 Å². The molecule has 0 aliphatic carbocycles. The van der Waals surface area contributed by atoms with Crippen LogP contribution in [0.5, 0.6) is 0 Å². The minimum atomic E-state index is -0.506. The largest absolute Gasteiger partial charge is 0.455 e. The number of nitrogens with one attached hydrogen (secondary N) is 1. The van der Waals surface area contributed by atoms with Crippen molar-refractivity contribution in [3.63, 3.8) is 0 Å². The fraction of sp³-hybridized carbons (Fsp3) is 0.286. The smallest absolute Gasteiger partial charge is 0.287 e. The number of aromatic nitrogens is 1. The summed E-state index contributed by atoms with van der Waals surface area (Å²) in [6.07, 6.45) is 3.39. The summed E-state index contributed by atoms with van der Waals surface area (Å²) in [6.45, 7) is 3.84. The van der Waals surface area contributed by atoms with E-state index in [0.717, 1.165) is 5.56 Å². The SMILES string of the molecule is CC(C)(NC(=O)c1ccc(CCl)o1)c1ccncc1. The third-order valence-electron chi connectivity index (χ3n) is 2.85. The molecule has 0 saturated heterocycles. The molecule has 4 nitrogen and oxygen atoms in total. The molecule has 2 aromatic rings. The molecule has 0 aliphatic rings. The van der Waals surface area contributed by atoms with Crippen molar-refractivity contribution in [2.45, 2.75) is 25.3 Å². The minimum absolute atomic E-state index is 0.251. The zero-order valence-electron chi connectivity index (χ0n) is 10.8. The van der Waals surface area contributed by atoms with Crippen molar-refractivity contribution in [2.24, 2.45) is 0 Å². The molecule has 1 N–H and O–H groups in total. The quantitative estimate of drug-likeness (QED) is 0.875. The van der Waals surface area contributed by atoms with Crippen LogP contribution in [0.4, 0.5) is 0 Å². The average Bonchev–Trinajstić information content (AvgIpc) is 2.88. The van der Waals surface area contributed by atoms with Crippen LogP contribution in [-0.2, 0) is 11.4 Å². The number of hydrogen-bond acceptors (Lipinski definition) is 3. The zero-order valence-corrected chi connectivity index (χ0v) is 11.6. The molecule has 19 heavy (non-hydrogen) atoms. The van der Waals surface area contributed by atoms with Crippen molar-refractivity contribution in [3.8, 4) is 0 Å². The first-order valence-electron chi connectivity index (χ1n) is 5.90. The van der Waals surface area contributed by atoms with E-state index in [1.165, 1.54) is 0 Å². The molecule has 0 fully saturated rings. The molecule has 100 valence electrons. The molecule has 1 amide bonds. The van der Waals surface area contributed by atoms with Crippen molar-refractivity contribution >= 4 is 17.5 Å². The maximum Gasteiger partial charge on any atom is 0.287 e. The zero-order chi connectivity index (χ0) is 13.9. The number of amides is 1. The summed E-state index contributed by atoms with van der Waals surface area (Å²) >= 11 is 5.64. The fourth-order valence-electron chi connectivity index (χ4n) is 1.76. The number of nitrogens with zero attached hydrogens (tertiary/aromatic N) is 1. The van der Waals surface area contributed by atoms with Gasteiger partial charge in [0.2, 0.25) is 0 Å². The van der Waals surface area contributed by atoms with E-state index in [-0.39, 0.29) is 17.5 Å². The van der Waals surface area contributed by atoms with Gasteiger partial charge in [-0.1, -0.05) is 0 Å². The molecule has 0 aromatic carbocycles. The van der Waals surface area contributed by atoms with Gasteiger partial charge in [0.1, 0.15) is 5.76 Å². The van der Waals surface area contributed by atoms with Gasteiger partial charge < -0.3 is 9.73 Å². The average molecular weight is 279 g/mol. The number of rotatable bonds is 4. The first-order chi connectivity index (χ1) is 9.03. The molecule has 0 radical (unpaired) electrons. The molecule has 0 spiro atoms. The Morgan fingerprint density at radius 1 is 1.32 bits per heavy atom. The van der Waals surface area contributed by atoms with Crippen LogP contribution in [0.1, 0.15) is 35.7 Å². The number of alkyl halides is 1.